The van der Waals surface area contributed by atoms with Crippen LogP contribution < -0.4 is 5.32 Å². The average molecular weight is 270 g/mol. The van der Waals surface area contributed by atoms with Crippen molar-refractivity contribution in [2.75, 3.05) is 19.8 Å². The van der Waals surface area contributed by atoms with Gasteiger partial charge in [-0.2, -0.15) is 0 Å². The van der Waals surface area contributed by atoms with Crippen LogP contribution in [-0.2, 0) is 9.53 Å². The number of urea groups is 1. The smallest absolute Gasteiger partial charge is 0.327 e. The van der Waals surface area contributed by atoms with E-state index >= 15 is 0 Å². The predicted octanol–water partition coefficient (Wildman–Crippen LogP) is 1.06. The van der Waals surface area contributed by atoms with E-state index in [1.807, 2.05) is 13.8 Å². The van der Waals surface area contributed by atoms with E-state index in [2.05, 4.69) is 5.32 Å². The maximum absolute atomic E-state index is 12.3. The van der Waals surface area contributed by atoms with E-state index in [9.17, 15) is 14.7 Å². The van der Waals surface area contributed by atoms with Crippen LogP contribution in [0.4, 0.5) is 4.79 Å². The fraction of sp³-hybridized carbons (Fsp3) is 0.846. The van der Waals surface area contributed by atoms with E-state index in [4.69, 9.17) is 4.74 Å². The van der Waals surface area contributed by atoms with Gasteiger partial charge in [0.1, 0.15) is 6.04 Å². The van der Waals surface area contributed by atoms with Crippen molar-refractivity contribution in [2.24, 2.45) is 5.41 Å². The van der Waals surface area contributed by atoms with Gasteiger partial charge in [-0.05, 0) is 24.7 Å². The molecule has 2 heterocycles. The first-order chi connectivity index (χ1) is 8.92. The van der Waals surface area contributed by atoms with Gasteiger partial charge in [0.05, 0.1) is 12.6 Å². The Morgan fingerprint density at radius 1 is 1.42 bits per heavy atom. The third-order valence-electron chi connectivity index (χ3n) is 4.02. The normalized spacial score (nSPS) is 30.1. The molecule has 6 heteroatoms. The van der Waals surface area contributed by atoms with Gasteiger partial charge in [0, 0.05) is 13.2 Å². The van der Waals surface area contributed by atoms with E-state index in [0.717, 1.165) is 19.3 Å². The Morgan fingerprint density at radius 3 is 2.74 bits per heavy atom. The third kappa shape index (κ3) is 3.00. The largest absolute Gasteiger partial charge is 0.480 e. The van der Waals surface area contributed by atoms with E-state index in [-0.39, 0.29) is 12.1 Å². The molecule has 0 aromatic carbocycles. The van der Waals surface area contributed by atoms with Crippen LogP contribution in [0.1, 0.15) is 33.1 Å². The molecule has 0 aliphatic carbocycles. The third-order valence-corrected chi connectivity index (χ3v) is 4.02. The number of carboxylic acids is 1. The topological polar surface area (TPSA) is 78.9 Å². The summed E-state index contributed by atoms with van der Waals surface area (Å²) in [6.45, 7) is 5.48. The Bertz CT molecular complexity index is 364. The fourth-order valence-corrected chi connectivity index (χ4v) is 2.98. The molecule has 108 valence electrons. The Morgan fingerprint density at radius 2 is 2.16 bits per heavy atom. The maximum atomic E-state index is 12.3. The second kappa shape index (κ2) is 5.36. The van der Waals surface area contributed by atoms with Gasteiger partial charge in [0.15, 0.2) is 0 Å². The van der Waals surface area contributed by atoms with Gasteiger partial charge in [0.25, 0.3) is 0 Å². The summed E-state index contributed by atoms with van der Waals surface area (Å²) in [5.74, 6) is -0.928. The van der Waals surface area contributed by atoms with Crippen molar-refractivity contribution in [2.45, 2.75) is 45.2 Å². The number of hydrogen-bond acceptors (Lipinski definition) is 3. The van der Waals surface area contributed by atoms with Crippen LogP contribution in [0.3, 0.4) is 0 Å². The van der Waals surface area contributed by atoms with Crippen molar-refractivity contribution in [1.29, 1.82) is 0 Å². The molecule has 0 spiro atoms. The number of nitrogens with zero attached hydrogens (tertiary/aromatic N) is 1. The molecular formula is C13H22N2O4. The SMILES string of the molecule is CC1(C)CCCN(C(=O)NC2CCOC2)C1C(=O)O. The first kappa shape index (κ1) is 14.1. The lowest BCUT2D eigenvalue weighted by Gasteiger charge is -2.44. The molecule has 0 radical (unpaired) electrons. The summed E-state index contributed by atoms with van der Waals surface area (Å²) in [6, 6.07) is -1.04. The molecule has 2 rings (SSSR count). The van der Waals surface area contributed by atoms with Gasteiger partial charge in [-0.3, -0.25) is 0 Å². The van der Waals surface area contributed by atoms with Crippen LogP contribution in [0.15, 0.2) is 0 Å². The zero-order chi connectivity index (χ0) is 14.0. The van der Waals surface area contributed by atoms with Crippen molar-refractivity contribution in [3.63, 3.8) is 0 Å². The lowest BCUT2D eigenvalue weighted by Crippen LogP contribution is -2.59. The van der Waals surface area contributed by atoms with E-state index in [1.165, 1.54) is 4.90 Å². The molecule has 0 aromatic heterocycles. The number of likely N-dealkylation sites (tertiary alicyclic amines) is 1. The minimum Gasteiger partial charge on any atom is -0.480 e. The van der Waals surface area contributed by atoms with Gasteiger partial charge in [0.2, 0.25) is 0 Å². The highest BCUT2D eigenvalue weighted by atomic mass is 16.5. The summed E-state index contributed by atoms with van der Waals surface area (Å²) < 4.78 is 5.21. The molecule has 2 N–H and O–H groups in total. The number of amides is 2. The van der Waals surface area contributed by atoms with Crippen molar-refractivity contribution in [1.82, 2.24) is 10.2 Å². The van der Waals surface area contributed by atoms with Gasteiger partial charge in [-0.25, -0.2) is 9.59 Å². The first-order valence-electron chi connectivity index (χ1n) is 6.79. The molecule has 2 aliphatic rings. The maximum Gasteiger partial charge on any atom is 0.327 e. The van der Waals surface area contributed by atoms with Crippen LogP contribution >= 0.6 is 0 Å². The summed E-state index contributed by atoms with van der Waals surface area (Å²) in [5, 5.41) is 12.3. The standard InChI is InChI=1S/C13H22N2O4/c1-13(2)5-3-6-15(10(13)11(16)17)12(18)14-9-4-7-19-8-9/h9-10H,3-8H2,1-2H3,(H,14,18)(H,16,17). The number of hydrogen-bond donors (Lipinski definition) is 2. The van der Waals surface area contributed by atoms with E-state index in [1.54, 1.807) is 0 Å². The van der Waals surface area contributed by atoms with Gasteiger partial charge >= 0.3 is 12.0 Å². The number of carbonyl (C=O) groups excluding carboxylic acids is 1. The number of carboxylic acid groups (broad SMARTS) is 1. The number of carbonyl (C=O) groups is 2. The van der Waals surface area contributed by atoms with Gasteiger partial charge in [-0.1, -0.05) is 13.8 Å². The second-order valence-corrected chi connectivity index (χ2v) is 6.04. The number of rotatable bonds is 2. The number of piperidine rings is 1. The van der Waals surface area contributed by atoms with Crippen LogP contribution in [0.2, 0.25) is 0 Å². The highest BCUT2D eigenvalue weighted by molar-refractivity contribution is 5.83. The minimum atomic E-state index is -0.928. The minimum absolute atomic E-state index is 0.00647. The monoisotopic (exact) mass is 270 g/mol. The average Bonchev–Trinajstić information content (AvgIpc) is 2.79. The second-order valence-electron chi connectivity index (χ2n) is 6.04. The molecule has 0 saturated carbocycles. The van der Waals surface area contributed by atoms with Crippen LogP contribution in [-0.4, -0.2) is 53.8 Å². The van der Waals surface area contributed by atoms with Crippen molar-refractivity contribution in [3.05, 3.63) is 0 Å². The molecule has 2 unspecified atom stereocenters. The summed E-state index contributed by atoms with van der Waals surface area (Å²) in [5.41, 5.74) is -0.395. The van der Waals surface area contributed by atoms with Crippen molar-refractivity contribution in [3.8, 4) is 0 Å². The highest BCUT2D eigenvalue weighted by Gasteiger charge is 2.44. The van der Waals surface area contributed by atoms with Gasteiger partial charge < -0.3 is 20.1 Å². The number of aliphatic carboxylic acids is 1. The predicted molar refractivity (Wildman–Crippen MR) is 68.9 cm³/mol. The van der Waals surface area contributed by atoms with E-state index < -0.39 is 17.4 Å². The molecule has 2 amide bonds. The molecule has 2 atom stereocenters. The van der Waals surface area contributed by atoms with Crippen LogP contribution in [0.5, 0.6) is 0 Å². The molecule has 0 aromatic rings. The zero-order valence-corrected chi connectivity index (χ0v) is 11.5. The Labute approximate surface area is 113 Å². The van der Waals surface area contributed by atoms with Crippen molar-refractivity contribution >= 4 is 12.0 Å². The molecule has 19 heavy (non-hydrogen) atoms. The molecule has 2 saturated heterocycles. The first-order valence-corrected chi connectivity index (χ1v) is 6.79. The molecule has 6 nitrogen and oxygen atoms in total. The molecule has 0 bridgehead atoms. The zero-order valence-electron chi connectivity index (χ0n) is 11.5. The Hall–Kier alpha value is -1.30. The molecular weight excluding hydrogens is 248 g/mol. The van der Waals surface area contributed by atoms with Crippen molar-refractivity contribution < 1.29 is 19.4 Å². The summed E-state index contributed by atoms with van der Waals surface area (Å²) in [4.78, 5) is 25.2. The summed E-state index contributed by atoms with van der Waals surface area (Å²) >= 11 is 0. The van der Waals surface area contributed by atoms with Crippen LogP contribution in [0, 0.1) is 5.41 Å². The van der Waals surface area contributed by atoms with Gasteiger partial charge in [-0.15, -0.1) is 0 Å². The fourth-order valence-electron chi connectivity index (χ4n) is 2.98. The number of nitrogens with one attached hydrogen (secondary N) is 1. The summed E-state index contributed by atoms with van der Waals surface area (Å²) in [7, 11) is 0. The van der Waals surface area contributed by atoms with Crippen LogP contribution in [0.25, 0.3) is 0 Å². The highest BCUT2D eigenvalue weighted by Crippen LogP contribution is 2.35. The molecule has 2 aliphatic heterocycles. The Kier molecular flexibility index (Phi) is 3.99. The molecule has 2 fully saturated rings. The lowest BCUT2D eigenvalue weighted by atomic mass is 9.76. The quantitative estimate of drug-likeness (QED) is 0.786. The lowest BCUT2D eigenvalue weighted by molar-refractivity contribution is -0.148. The summed E-state index contributed by atoms with van der Waals surface area (Å²) in [6.07, 6.45) is 2.45. The Balaban J connectivity index is 2.07. The number of ether oxygens (including phenoxy) is 1. The van der Waals surface area contributed by atoms with E-state index in [0.29, 0.717) is 19.8 Å².